The monoisotopic (exact) mass is 276 g/mol. The van der Waals surface area contributed by atoms with Gasteiger partial charge in [-0.05, 0) is 49.4 Å². The van der Waals surface area contributed by atoms with E-state index < -0.39 is 0 Å². The molecule has 0 aliphatic carbocycles. The maximum atomic E-state index is 6.37. The second kappa shape index (κ2) is 5.62. The summed E-state index contributed by atoms with van der Waals surface area (Å²) in [5.74, 6) is 1.96. The van der Waals surface area contributed by atoms with Crippen LogP contribution in [0.1, 0.15) is 24.8 Å². The molecule has 0 radical (unpaired) electrons. The van der Waals surface area contributed by atoms with Crippen molar-refractivity contribution in [1.29, 1.82) is 0 Å². The molecule has 3 rings (SSSR count). The molecule has 2 heterocycles. The van der Waals surface area contributed by atoms with Crippen LogP contribution in [-0.2, 0) is 6.42 Å². The Bertz CT molecular complexity index is 468. The zero-order valence-electron chi connectivity index (χ0n) is 12.2. The zero-order valence-corrected chi connectivity index (χ0v) is 12.2. The molecule has 110 valence electrons. The molecule has 0 saturated carbocycles. The van der Waals surface area contributed by atoms with Gasteiger partial charge in [-0.1, -0.05) is 0 Å². The number of benzene rings is 1. The Labute approximate surface area is 120 Å². The Morgan fingerprint density at radius 3 is 2.80 bits per heavy atom. The second-order valence-corrected chi connectivity index (χ2v) is 5.89. The maximum Gasteiger partial charge on any atom is 0.123 e. The van der Waals surface area contributed by atoms with Gasteiger partial charge in [0.25, 0.3) is 0 Å². The van der Waals surface area contributed by atoms with Gasteiger partial charge in [0.15, 0.2) is 0 Å². The van der Waals surface area contributed by atoms with Gasteiger partial charge >= 0.3 is 0 Å². The molecular weight excluding hydrogens is 252 g/mol. The molecule has 0 atom stereocenters. The Morgan fingerprint density at radius 2 is 2.10 bits per heavy atom. The van der Waals surface area contributed by atoms with Crippen LogP contribution in [0.4, 0.5) is 0 Å². The van der Waals surface area contributed by atoms with Gasteiger partial charge < -0.3 is 20.1 Å². The molecule has 0 amide bonds. The third-order valence-corrected chi connectivity index (χ3v) is 4.66. The number of hydrogen-bond acceptors (Lipinski definition) is 4. The number of hydrogen-bond donors (Lipinski definition) is 1. The Hall–Kier alpha value is -1.26. The molecular formula is C16H24N2O2. The molecule has 1 saturated heterocycles. The highest BCUT2D eigenvalue weighted by Crippen LogP contribution is 2.40. The molecule has 2 aliphatic rings. The van der Waals surface area contributed by atoms with E-state index >= 15 is 0 Å². The van der Waals surface area contributed by atoms with Gasteiger partial charge in [0.1, 0.15) is 17.1 Å². The highest BCUT2D eigenvalue weighted by Gasteiger charge is 2.39. The molecule has 1 aromatic rings. The number of ether oxygens (including phenoxy) is 2. The normalized spacial score (nSPS) is 21.3. The van der Waals surface area contributed by atoms with Crippen LogP contribution in [0.5, 0.6) is 11.5 Å². The molecule has 0 unspecified atom stereocenters. The summed E-state index contributed by atoms with van der Waals surface area (Å²) in [7, 11) is 1.71. The lowest BCUT2D eigenvalue weighted by Gasteiger charge is -2.44. The molecule has 4 nitrogen and oxygen atoms in total. The van der Waals surface area contributed by atoms with Crippen LogP contribution < -0.4 is 15.2 Å². The van der Waals surface area contributed by atoms with E-state index in [0.717, 1.165) is 63.4 Å². The predicted octanol–water partition coefficient (Wildman–Crippen LogP) is 1.81. The molecule has 1 spiro atoms. The van der Waals surface area contributed by atoms with Gasteiger partial charge in [0.05, 0.1) is 7.11 Å². The fraction of sp³-hybridized carbons (Fsp3) is 0.625. The number of fused-ring (bicyclic) bond motifs is 1. The SMILES string of the molecule is COc1ccc2c(c1)CCC1(CCN(CCN)CC1)O2. The zero-order chi connectivity index (χ0) is 14.0. The summed E-state index contributed by atoms with van der Waals surface area (Å²) in [5, 5.41) is 0. The molecule has 0 bridgehead atoms. The lowest BCUT2D eigenvalue weighted by molar-refractivity contribution is -0.0138. The van der Waals surface area contributed by atoms with Crippen LogP contribution in [0.25, 0.3) is 0 Å². The smallest absolute Gasteiger partial charge is 0.123 e. The molecule has 1 aromatic carbocycles. The van der Waals surface area contributed by atoms with E-state index in [1.165, 1.54) is 5.56 Å². The number of likely N-dealkylation sites (tertiary alicyclic amines) is 1. The number of nitrogens with zero attached hydrogens (tertiary/aromatic N) is 1. The van der Waals surface area contributed by atoms with Gasteiger partial charge in [-0.15, -0.1) is 0 Å². The summed E-state index contributed by atoms with van der Waals surface area (Å²) in [6.07, 6.45) is 4.42. The van der Waals surface area contributed by atoms with E-state index in [-0.39, 0.29) is 5.60 Å². The summed E-state index contributed by atoms with van der Waals surface area (Å²) >= 11 is 0. The molecule has 4 heteroatoms. The van der Waals surface area contributed by atoms with Crippen molar-refractivity contribution in [3.05, 3.63) is 23.8 Å². The van der Waals surface area contributed by atoms with E-state index in [2.05, 4.69) is 17.0 Å². The first-order valence-electron chi connectivity index (χ1n) is 7.53. The van der Waals surface area contributed by atoms with E-state index in [0.29, 0.717) is 0 Å². The standard InChI is InChI=1S/C16H24N2O2/c1-19-14-2-3-15-13(12-14)4-5-16(20-15)6-9-18(10-7-16)11-8-17/h2-3,12H,4-11,17H2,1H3. The average molecular weight is 276 g/mol. The van der Waals surface area contributed by atoms with Crippen LogP contribution in [0, 0.1) is 0 Å². The predicted molar refractivity (Wildman–Crippen MR) is 79.4 cm³/mol. The first kappa shape index (κ1) is 13.7. The molecule has 2 N–H and O–H groups in total. The van der Waals surface area contributed by atoms with Crippen LogP contribution in [0.3, 0.4) is 0 Å². The van der Waals surface area contributed by atoms with E-state index in [1.54, 1.807) is 7.11 Å². The van der Waals surface area contributed by atoms with Gasteiger partial charge in [0.2, 0.25) is 0 Å². The topological polar surface area (TPSA) is 47.7 Å². The molecule has 2 aliphatic heterocycles. The maximum absolute atomic E-state index is 6.37. The number of piperidine rings is 1. The van der Waals surface area contributed by atoms with Crippen LogP contribution in [-0.4, -0.2) is 43.8 Å². The molecule has 20 heavy (non-hydrogen) atoms. The summed E-state index contributed by atoms with van der Waals surface area (Å²) < 4.78 is 11.7. The average Bonchev–Trinajstić information content (AvgIpc) is 2.50. The number of nitrogens with two attached hydrogens (primary N) is 1. The second-order valence-electron chi connectivity index (χ2n) is 5.89. The third kappa shape index (κ3) is 2.63. The van der Waals surface area contributed by atoms with Crippen LogP contribution in [0.15, 0.2) is 18.2 Å². The molecule has 1 fully saturated rings. The van der Waals surface area contributed by atoms with E-state index in [1.807, 2.05) is 6.07 Å². The van der Waals surface area contributed by atoms with Crippen molar-refractivity contribution in [2.75, 3.05) is 33.3 Å². The van der Waals surface area contributed by atoms with Gasteiger partial charge in [-0.25, -0.2) is 0 Å². The minimum absolute atomic E-state index is 0.0483. The fourth-order valence-corrected chi connectivity index (χ4v) is 3.34. The van der Waals surface area contributed by atoms with Crippen molar-refractivity contribution in [3.8, 4) is 11.5 Å². The van der Waals surface area contributed by atoms with Gasteiger partial charge in [0, 0.05) is 26.2 Å². The van der Waals surface area contributed by atoms with Crippen molar-refractivity contribution in [2.24, 2.45) is 5.73 Å². The summed E-state index contributed by atoms with van der Waals surface area (Å²) in [6, 6.07) is 6.15. The highest BCUT2D eigenvalue weighted by molar-refractivity contribution is 5.42. The molecule has 0 aromatic heterocycles. The first-order chi connectivity index (χ1) is 9.74. The third-order valence-electron chi connectivity index (χ3n) is 4.66. The Morgan fingerprint density at radius 1 is 1.30 bits per heavy atom. The number of methoxy groups -OCH3 is 1. The van der Waals surface area contributed by atoms with Crippen molar-refractivity contribution >= 4 is 0 Å². The summed E-state index contributed by atoms with van der Waals surface area (Å²) in [6.45, 7) is 3.95. The lowest BCUT2D eigenvalue weighted by Crippen LogP contribution is -2.50. The van der Waals surface area contributed by atoms with Gasteiger partial charge in [-0.2, -0.15) is 0 Å². The van der Waals surface area contributed by atoms with Crippen molar-refractivity contribution in [3.63, 3.8) is 0 Å². The summed E-state index contributed by atoms with van der Waals surface area (Å²) in [4.78, 5) is 2.44. The van der Waals surface area contributed by atoms with Gasteiger partial charge in [-0.3, -0.25) is 0 Å². The van der Waals surface area contributed by atoms with E-state index in [4.69, 9.17) is 15.2 Å². The van der Waals surface area contributed by atoms with E-state index in [9.17, 15) is 0 Å². The Kier molecular flexibility index (Phi) is 3.85. The van der Waals surface area contributed by atoms with Crippen LogP contribution in [0.2, 0.25) is 0 Å². The Balaban J connectivity index is 1.69. The van der Waals surface area contributed by atoms with Crippen molar-refractivity contribution < 1.29 is 9.47 Å². The number of aryl methyl sites for hydroxylation is 1. The fourth-order valence-electron chi connectivity index (χ4n) is 3.34. The van der Waals surface area contributed by atoms with Crippen molar-refractivity contribution in [2.45, 2.75) is 31.3 Å². The minimum atomic E-state index is 0.0483. The lowest BCUT2D eigenvalue weighted by atomic mass is 9.83. The highest BCUT2D eigenvalue weighted by atomic mass is 16.5. The van der Waals surface area contributed by atoms with Crippen LogP contribution >= 0.6 is 0 Å². The quantitative estimate of drug-likeness (QED) is 0.915. The minimum Gasteiger partial charge on any atom is -0.497 e. The first-order valence-corrected chi connectivity index (χ1v) is 7.53. The van der Waals surface area contributed by atoms with Crippen molar-refractivity contribution in [1.82, 2.24) is 4.90 Å². The summed E-state index contributed by atoms with van der Waals surface area (Å²) in [5.41, 5.74) is 6.96. The number of rotatable bonds is 3. The largest absolute Gasteiger partial charge is 0.497 e.